The molecular weight excluding hydrogens is 280 g/mol. The fraction of sp³-hybridized carbons (Fsp3) is 0.462. The average Bonchev–Trinajstić information content (AvgIpc) is 2.76. The second-order valence-corrected chi connectivity index (χ2v) is 4.71. The van der Waals surface area contributed by atoms with E-state index in [9.17, 15) is 4.79 Å². The number of carbonyl (C=O) groups excluding carboxylic acids is 1. The van der Waals surface area contributed by atoms with Crippen LogP contribution >= 0.6 is 11.6 Å². The first-order chi connectivity index (χ1) is 9.65. The highest BCUT2D eigenvalue weighted by atomic mass is 35.5. The van der Waals surface area contributed by atoms with Gasteiger partial charge in [-0.15, -0.1) is 11.6 Å². The van der Waals surface area contributed by atoms with Gasteiger partial charge in [-0.1, -0.05) is 0 Å². The van der Waals surface area contributed by atoms with Crippen LogP contribution in [0.3, 0.4) is 0 Å². The van der Waals surface area contributed by atoms with Gasteiger partial charge in [-0.05, 0) is 18.6 Å². The van der Waals surface area contributed by atoms with E-state index in [1.807, 2.05) is 13.0 Å². The van der Waals surface area contributed by atoms with Crippen LogP contribution in [-0.4, -0.2) is 40.7 Å². The molecule has 0 spiro atoms. The van der Waals surface area contributed by atoms with Crippen molar-refractivity contribution in [1.82, 2.24) is 19.9 Å². The molecule has 0 bridgehead atoms. The lowest BCUT2D eigenvalue weighted by Gasteiger charge is -2.08. The van der Waals surface area contributed by atoms with Crippen LogP contribution < -0.4 is 5.32 Å². The number of imidazole rings is 1. The molecule has 1 N–H and O–H groups in total. The number of nitrogens with one attached hydrogen (secondary N) is 1. The molecule has 0 aliphatic carbocycles. The molecule has 0 aliphatic heterocycles. The van der Waals surface area contributed by atoms with Gasteiger partial charge < -0.3 is 14.6 Å². The standard InChI is InChI=1S/C13H17ClN4O2/c1-9-5-10-13(16-7-9)18(11(6-14)17-10)8-12(19)15-3-4-20-2/h5,7H,3-4,6,8H2,1-2H3,(H,15,19). The molecule has 6 nitrogen and oxygen atoms in total. The summed E-state index contributed by atoms with van der Waals surface area (Å²) >= 11 is 5.89. The summed E-state index contributed by atoms with van der Waals surface area (Å²) in [6.07, 6.45) is 1.75. The zero-order valence-corrected chi connectivity index (χ0v) is 12.3. The maximum Gasteiger partial charge on any atom is 0.240 e. The number of amides is 1. The van der Waals surface area contributed by atoms with Gasteiger partial charge in [-0.25, -0.2) is 9.97 Å². The molecule has 0 atom stereocenters. The topological polar surface area (TPSA) is 69.0 Å². The number of halogens is 1. The van der Waals surface area contributed by atoms with Crippen molar-refractivity contribution >= 4 is 28.7 Å². The molecule has 0 saturated heterocycles. The van der Waals surface area contributed by atoms with Crippen molar-refractivity contribution in [3.63, 3.8) is 0 Å². The summed E-state index contributed by atoms with van der Waals surface area (Å²) < 4.78 is 6.63. The number of alkyl halides is 1. The zero-order valence-electron chi connectivity index (χ0n) is 11.5. The van der Waals surface area contributed by atoms with Crippen molar-refractivity contribution < 1.29 is 9.53 Å². The van der Waals surface area contributed by atoms with E-state index < -0.39 is 0 Å². The Morgan fingerprint density at radius 3 is 3.05 bits per heavy atom. The number of aryl methyl sites for hydroxylation is 1. The maximum absolute atomic E-state index is 11.9. The van der Waals surface area contributed by atoms with Crippen LogP contribution in [0.5, 0.6) is 0 Å². The molecule has 0 unspecified atom stereocenters. The van der Waals surface area contributed by atoms with Crippen molar-refractivity contribution in [2.75, 3.05) is 20.3 Å². The number of rotatable bonds is 6. The van der Waals surface area contributed by atoms with Gasteiger partial charge in [-0.3, -0.25) is 4.79 Å². The first-order valence-electron chi connectivity index (χ1n) is 6.29. The summed E-state index contributed by atoms with van der Waals surface area (Å²) in [5, 5.41) is 2.77. The molecule has 20 heavy (non-hydrogen) atoms. The Morgan fingerprint density at radius 2 is 2.35 bits per heavy atom. The largest absolute Gasteiger partial charge is 0.383 e. The van der Waals surface area contributed by atoms with Crippen molar-refractivity contribution in [2.24, 2.45) is 0 Å². The highest BCUT2D eigenvalue weighted by molar-refractivity contribution is 6.16. The lowest BCUT2D eigenvalue weighted by atomic mass is 10.3. The van der Waals surface area contributed by atoms with Crippen LogP contribution in [-0.2, 0) is 22.0 Å². The quantitative estimate of drug-likeness (QED) is 0.643. The number of ether oxygens (including phenoxy) is 1. The number of hydrogen-bond acceptors (Lipinski definition) is 4. The predicted molar refractivity (Wildman–Crippen MR) is 76.7 cm³/mol. The number of methoxy groups -OCH3 is 1. The van der Waals surface area contributed by atoms with E-state index in [1.165, 1.54) is 0 Å². The van der Waals surface area contributed by atoms with Gasteiger partial charge in [-0.2, -0.15) is 0 Å². The molecule has 0 aliphatic rings. The minimum Gasteiger partial charge on any atom is -0.383 e. The Labute approximate surface area is 122 Å². The van der Waals surface area contributed by atoms with E-state index in [0.29, 0.717) is 24.6 Å². The minimum atomic E-state index is -0.116. The van der Waals surface area contributed by atoms with Gasteiger partial charge >= 0.3 is 0 Å². The van der Waals surface area contributed by atoms with Crippen molar-refractivity contribution in [3.8, 4) is 0 Å². The van der Waals surface area contributed by atoms with Crippen LogP contribution in [0.25, 0.3) is 11.2 Å². The fourth-order valence-corrected chi connectivity index (χ4v) is 2.12. The molecule has 0 saturated carbocycles. The summed E-state index contributed by atoms with van der Waals surface area (Å²) in [5.41, 5.74) is 2.45. The zero-order chi connectivity index (χ0) is 14.5. The Bertz CT molecular complexity index is 612. The third-order valence-corrected chi connectivity index (χ3v) is 3.09. The molecule has 2 rings (SSSR count). The van der Waals surface area contributed by atoms with Crippen molar-refractivity contribution in [2.45, 2.75) is 19.3 Å². The Kier molecular flexibility index (Phi) is 4.92. The Hall–Kier alpha value is -1.66. The summed E-state index contributed by atoms with van der Waals surface area (Å²) in [5.74, 6) is 0.762. The lowest BCUT2D eigenvalue weighted by Crippen LogP contribution is -2.30. The van der Waals surface area contributed by atoms with Crippen LogP contribution in [0, 0.1) is 6.92 Å². The number of hydrogen-bond donors (Lipinski definition) is 1. The second kappa shape index (κ2) is 6.67. The summed E-state index contributed by atoms with van der Waals surface area (Å²) in [6, 6.07) is 1.93. The van der Waals surface area contributed by atoms with E-state index in [4.69, 9.17) is 16.3 Å². The molecule has 2 aromatic rings. The fourth-order valence-electron chi connectivity index (χ4n) is 1.92. The van der Waals surface area contributed by atoms with Crippen LogP contribution in [0.1, 0.15) is 11.4 Å². The molecular formula is C13H17ClN4O2. The summed E-state index contributed by atoms with van der Waals surface area (Å²) in [4.78, 5) is 20.6. The second-order valence-electron chi connectivity index (χ2n) is 4.45. The molecule has 2 heterocycles. The molecule has 7 heteroatoms. The molecule has 0 radical (unpaired) electrons. The molecule has 108 valence electrons. The van der Waals surface area contributed by atoms with Gasteiger partial charge in [0.2, 0.25) is 5.91 Å². The summed E-state index contributed by atoms with van der Waals surface area (Å²) in [7, 11) is 1.59. The number of fused-ring (bicyclic) bond motifs is 1. The molecule has 1 amide bonds. The van der Waals surface area contributed by atoms with Crippen LogP contribution in [0.4, 0.5) is 0 Å². The third-order valence-electron chi connectivity index (χ3n) is 2.85. The highest BCUT2D eigenvalue weighted by Crippen LogP contribution is 2.16. The lowest BCUT2D eigenvalue weighted by molar-refractivity contribution is -0.121. The summed E-state index contributed by atoms with van der Waals surface area (Å²) in [6.45, 7) is 3.06. The SMILES string of the molecule is COCCNC(=O)Cn1c(CCl)nc2cc(C)cnc21. The maximum atomic E-state index is 11.9. The van der Waals surface area contributed by atoms with Gasteiger partial charge in [0.1, 0.15) is 17.9 Å². The normalized spacial score (nSPS) is 10.9. The Morgan fingerprint density at radius 1 is 1.55 bits per heavy atom. The number of carbonyl (C=O) groups is 1. The Balaban J connectivity index is 2.21. The van der Waals surface area contributed by atoms with Gasteiger partial charge in [0, 0.05) is 19.9 Å². The number of aromatic nitrogens is 3. The molecule has 0 aromatic carbocycles. The average molecular weight is 297 g/mol. The highest BCUT2D eigenvalue weighted by Gasteiger charge is 2.14. The third kappa shape index (κ3) is 3.26. The van der Waals surface area contributed by atoms with Gasteiger partial charge in [0.15, 0.2) is 5.65 Å². The van der Waals surface area contributed by atoms with Crippen LogP contribution in [0.2, 0.25) is 0 Å². The van der Waals surface area contributed by atoms with Crippen molar-refractivity contribution in [3.05, 3.63) is 23.7 Å². The first kappa shape index (κ1) is 14.7. The number of nitrogens with zero attached hydrogens (tertiary/aromatic N) is 3. The number of pyridine rings is 1. The first-order valence-corrected chi connectivity index (χ1v) is 6.82. The van der Waals surface area contributed by atoms with E-state index >= 15 is 0 Å². The van der Waals surface area contributed by atoms with E-state index in [2.05, 4.69) is 15.3 Å². The van der Waals surface area contributed by atoms with E-state index in [-0.39, 0.29) is 18.3 Å². The monoisotopic (exact) mass is 296 g/mol. The van der Waals surface area contributed by atoms with Gasteiger partial charge in [0.05, 0.1) is 12.5 Å². The van der Waals surface area contributed by atoms with Crippen LogP contribution in [0.15, 0.2) is 12.3 Å². The van der Waals surface area contributed by atoms with E-state index in [0.717, 1.165) is 11.1 Å². The van der Waals surface area contributed by atoms with E-state index in [1.54, 1.807) is 17.9 Å². The predicted octanol–water partition coefficient (Wildman–Crippen LogP) is 1.24. The minimum absolute atomic E-state index is 0.116. The molecule has 0 fully saturated rings. The molecule has 2 aromatic heterocycles. The van der Waals surface area contributed by atoms with Gasteiger partial charge in [0.25, 0.3) is 0 Å². The van der Waals surface area contributed by atoms with Crippen molar-refractivity contribution in [1.29, 1.82) is 0 Å². The smallest absolute Gasteiger partial charge is 0.240 e.